The number of aromatic nitrogens is 3. The summed E-state index contributed by atoms with van der Waals surface area (Å²) < 4.78 is 34.8. The zero-order chi connectivity index (χ0) is 28.8. The predicted molar refractivity (Wildman–Crippen MR) is 155 cm³/mol. The van der Waals surface area contributed by atoms with E-state index in [9.17, 15) is 13.6 Å². The fourth-order valence-corrected chi connectivity index (χ4v) is 4.68. The van der Waals surface area contributed by atoms with Crippen molar-refractivity contribution in [2.45, 2.75) is 6.42 Å². The number of carbonyl (C=O) groups is 1. The van der Waals surface area contributed by atoms with Gasteiger partial charge in [0.05, 0.1) is 35.3 Å². The van der Waals surface area contributed by atoms with Crippen LogP contribution in [0.25, 0.3) is 22.0 Å². The third-order valence-electron chi connectivity index (χ3n) is 6.90. The molecule has 0 spiro atoms. The number of hydrogen-bond acceptors (Lipinski definition) is 8. The summed E-state index contributed by atoms with van der Waals surface area (Å²) in [6, 6.07) is 8.76. The van der Waals surface area contributed by atoms with E-state index in [2.05, 4.69) is 49.0 Å². The van der Waals surface area contributed by atoms with Crippen molar-refractivity contribution in [3.8, 4) is 16.9 Å². The molecule has 1 amide bonds. The van der Waals surface area contributed by atoms with Gasteiger partial charge in [0.25, 0.3) is 0 Å². The first-order valence-corrected chi connectivity index (χ1v) is 13.3. The number of nitrogens with zero attached hydrogens (tertiary/aromatic N) is 5. The molecule has 0 radical (unpaired) electrons. The molecular weight excluding hydrogens is 528 g/mol. The number of piperazine rings is 1. The second-order valence-corrected chi connectivity index (χ2v) is 9.81. The summed E-state index contributed by atoms with van der Waals surface area (Å²) in [6.07, 6.45) is 6.33. The highest BCUT2D eigenvalue weighted by Crippen LogP contribution is 2.34. The van der Waals surface area contributed by atoms with Gasteiger partial charge in [0, 0.05) is 55.9 Å². The van der Waals surface area contributed by atoms with E-state index in [4.69, 9.17) is 4.74 Å². The maximum absolute atomic E-state index is 14.4. The summed E-state index contributed by atoms with van der Waals surface area (Å²) >= 11 is 0. The molecule has 3 heterocycles. The molecule has 4 aromatic rings. The zero-order valence-corrected chi connectivity index (χ0v) is 22.7. The van der Waals surface area contributed by atoms with Gasteiger partial charge in [0.15, 0.2) is 0 Å². The van der Waals surface area contributed by atoms with Gasteiger partial charge in [-0.15, -0.1) is 0 Å². The average molecular weight is 560 g/mol. The Morgan fingerprint density at radius 1 is 1.10 bits per heavy atom. The molecule has 1 aliphatic rings. The summed E-state index contributed by atoms with van der Waals surface area (Å²) in [5.41, 5.74) is 1.60. The lowest BCUT2D eigenvalue weighted by molar-refractivity contribution is -0.111. The first-order valence-electron chi connectivity index (χ1n) is 13.3. The summed E-state index contributed by atoms with van der Waals surface area (Å²) in [5.74, 6) is -0.861. The van der Waals surface area contributed by atoms with Crippen LogP contribution in [0.3, 0.4) is 0 Å². The van der Waals surface area contributed by atoms with Crippen molar-refractivity contribution < 1.29 is 18.3 Å². The number of ether oxygens (including phenoxy) is 1. The van der Waals surface area contributed by atoms with Crippen LogP contribution in [0.4, 0.5) is 26.0 Å². The van der Waals surface area contributed by atoms with Crippen molar-refractivity contribution in [3.63, 3.8) is 0 Å². The number of pyridine rings is 1. The normalized spacial score (nSPS) is 14.1. The Labute approximate surface area is 236 Å². The van der Waals surface area contributed by atoms with Crippen LogP contribution in [0.15, 0.2) is 67.8 Å². The number of amides is 1. The van der Waals surface area contributed by atoms with Crippen molar-refractivity contribution >= 4 is 34.0 Å². The molecule has 1 fully saturated rings. The molecule has 2 aromatic carbocycles. The highest BCUT2D eigenvalue weighted by Gasteiger charge is 2.16. The van der Waals surface area contributed by atoms with Crippen molar-refractivity contribution in [3.05, 3.63) is 79.4 Å². The molecule has 0 unspecified atom stereocenters. The number of rotatable bonds is 10. The minimum atomic E-state index is -0.685. The van der Waals surface area contributed by atoms with Crippen molar-refractivity contribution in [2.24, 2.45) is 0 Å². The molecule has 2 N–H and O–H groups in total. The summed E-state index contributed by atoms with van der Waals surface area (Å²) in [5, 5.41) is 6.56. The van der Waals surface area contributed by atoms with Gasteiger partial charge in [-0.1, -0.05) is 12.6 Å². The molecule has 1 aliphatic heterocycles. The molecule has 9 nitrogen and oxygen atoms in total. The maximum atomic E-state index is 14.4. The topological polar surface area (TPSA) is 95.5 Å². The van der Waals surface area contributed by atoms with Gasteiger partial charge in [0.1, 0.15) is 29.5 Å². The Morgan fingerprint density at radius 2 is 1.88 bits per heavy atom. The smallest absolute Gasteiger partial charge is 0.247 e. The summed E-state index contributed by atoms with van der Waals surface area (Å²) in [4.78, 5) is 29.9. The van der Waals surface area contributed by atoms with Gasteiger partial charge >= 0.3 is 0 Å². The van der Waals surface area contributed by atoms with Crippen LogP contribution in [0.5, 0.6) is 5.75 Å². The molecule has 0 aliphatic carbocycles. The Morgan fingerprint density at radius 3 is 2.63 bits per heavy atom. The molecule has 11 heteroatoms. The van der Waals surface area contributed by atoms with Gasteiger partial charge in [-0.2, -0.15) is 0 Å². The fourth-order valence-electron chi connectivity index (χ4n) is 4.68. The minimum Gasteiger partial charge on any atom is -0.491 e. The average Bonchev–Trinajstić information content (AvgIpc) is 2.97. The molecule has 5 rings (SSSR count). The first kappa shape index (κ1) is 28.1. The molecule has 2 aromatic heterocycles. The van der Waals surface area contributed by atoms with E-state index in [0.29, 0.717) is 40.5 Å². The third-order valence-corrected chi connectivity index (χ3v) is 6.90. The first-order chi connectivity index (χ1) is 19.9. The molecular formula is C30H31F2N7O2. The van der Waals surface area contributed by atoms with Crippen LogP contribution < -0.4 is 15.4 Å². The van der Waals surface area contributed by atoms with Crippen LogP contribution in [0.2, 0.25) is 0 Å². The van der Waals surface area contributed by atoms with Crippen LogP contribution in [0.1, 0.15) is 6.42 Å². The summed E-state index contributed by atoms with van der Waals surface area (Å²) in [6.45, 7) is 9.12. The van der Waals surface area contributed by atoms with Gasteiger partial charge in [0.2, 0.25) is 5.91 Å². The lowest BCUT2D eigenvalue weighted by Gasteiger charge is -2.32. The number of benzene rings is 2. The number of nitrogens with one attached hydrogen (secondary N) is 2. The molecule has 0 bridgehead atoms. The molecule has 1 saturated heterocycles. The molecule has 212 valence electrons. The van der Waals surface area contributed by atoms with Crippen LogP contribution in [-0.2, 0) is 4.79 Å². The van der Waals surface area contributed by atoms with Gasteiger partial charge in [-0.25, -0.2) is 18.7 Å². The fraction of sp³-hybridized carbons (Fsp3) is 0.267. The molecule has 41 heavy (non-hydrogen) atoms. The third kappa shape index (κ3) is 6.82. The zero-order valence-electron chi connectivity index (χ0n) is 22.7. The number of likely N-dealkylation sites (N-methyl/N-ethyl adjacent to an activating group) is 1. The van der Waals surface area contributed by atoms with E-state index >= 15 is 0 Å². The lowest BCUT2D eigenvalue weighted by Crippen LogP contribution is -2.44. The lowest BCUT2D eigenvalue weighted by atomic mass is 10.1. The number of fused-ring (bicyclic) bond motifs is 1. The van der Waals surface area contributed by atoms with E-state index in [-0.39, 0.29) is 17.0 Å². The number of hydrogen-bond donors (Lipinski definition) is 2. The van der Waals surface area contributed by atoms with Crippen LogP contribution >= 0.6 is 0 Å². The largest absolute Gasteiger partial charge is 0.491 e. The van der Waals surface area contributed by atoms with E-state index in [1.54, 1.807) is 18.2 Å². The number of halogens is 2. The second kappa shape index (κ2) is 12.8. The SMILES string of the molecule is C=CC(=O)Nc1cc2c(Nc3cncc(-c4c(F)cccc4F)c3)ncnc2cc1OCCCN1CCN(C)CC1. The van der Waals surface area contributed by atoms with Crippen molar-refractivity contribution in [1.82, 2.24) is 24.8 Å². The standard InChI is InChI=1S/C30H31F2N7O2/c1-3-28(40)37-26-15-22-25(16-27(26)41-13-5-8-39-11-9-38(2)10-12-39)34-19-35-30(22)36-21-14-20(17-33-18-21)29-23(31)6-4-7-24(29)32/h3-4,6-7,14-19H,1,5,8-13H2,2H3,(H,37,40)(H,34,35,36). The van der Waals surface area contributed by atoms with E-state index in [1.807, 2.05) is 0 Å². The Hall–Kier alpha value is -4.48. The van der Waals surface area contributed by atoms with Gasteiger partial charge in [-0.05, 0) is 43.8 Å². The van der Waals surface area contributed by atoms with E-state index in [0.717, 1.165) is 39.1 Å². The second-order valence-electron chi connectivity index (χ2n) is 9.81. The Bertz CT molecular complexity index is 1540. The van der Waals surface area contributed by atoms with Crippen molar-refractivity contribution in [2.75, 3.05) is 57.0 Å². The highest BCUT2D eigenvalue weighted by atomic mass is 19.1. The predicted octanol–water partition coefficient (Wildman–Crippen LogP) is 4.85. The van der Waals surface area contributed by atoms with E-state index < -0.39 is 11.6 Å². The Kier molecular flexibility index (Phi) is 8.76. The number of anilines is 3. The highest BCUT2D eigenvalue weighted by molar-refractivity contribution is 6.03. The van der Waals surface area contributed by atoms with E-state index in [1.165, 1.54) is 43.0 Å². The Balaban J connectivity index is 1.38. The number of carbonyl (C=O) groups excluding carboxylic acids is 1. The molecule has 0 atom stereocenters. The van der Waals surface area contributed by atoms with Gasteiger partial charge < -0.3 is 25.2 Å². The monoisotopic (exact) mass is 559 g/mol. The van der Waals surface area contributed by atoms with Crippen LogP contribution in [-0.4, -0.2) is 77.0 Å². The van der Waals surface area contributed by atoms with Crippen molar-refractivity contribution in [1.29, 1.82) is 0 Å². The minimum absolute atomic E-state index is 0.167. The molecule has 0 saturated carbocycles. The summed E-state index contributed by atoms with van der Waals surface area (Å²) in [7, 11) is 2.13. The van der Waals surface area contributed by atoms with Gasteiger partial charge in [-0.3, -0.25) is 9.78 Å². The maximum Gasteiger partial charge on any atom is 0.247 e. The quantitative estimate of drug-likeness (QED) is 0.210. The van der Waals surface area contributed by atoms with Crippen LogP contribution in [0, 0.1) is 11.6 Å².